The number of carbonyl (C=O) groups is 1. The zero-order chi connectivity index (χ0) is 18.4. The van der Waals surface area contributed by atoms with E-state index in [1.165, 1.54) is 6.26 Å². The Labute approximate surface area is 147 Å². The summed E-state index contributed by atoms with van der Waals surface area (Å²) in [6, 6.07) is 10.3. The molecular weight excluding hydrogens is 344 g/mol. The second-order valence-corrected chi connectivity index (χ2v) is 7.80. The zero-order valence-electron chi connectivity index (χ0n) is 14.4. The number of anilines is 1. The first-order chi connectivity index (χ1) is 11.8. The molecule has 0 saturated carbocycles. The van der Waals surface area contributed by atoms with Crippen molar-refractivity contribution in [3.8, 4) is 5.75 Å². The number of hydrogen-bond acceptors (Lipinski definition) is 5. The number of furan rings is 1. The summed E-state index contributed by atoms with van der Waals surface area (Å²) in [6.45, 7) is 3.43. The van der Waals surface area contributed by atoms with Crippen molar-refractivity contribution in [2.75, 3.05) is 18.1 Å². The van der Waals surface area contributed by atoms with Crippen LogP contribution in [0.1, 0.15) is 19.6 Å². The van der Waals surface area contributed by atoms with Gasteiger partial charge in [-0.3, -0.25) is 4.79 Å². The largest absolute Gasteiger partial charge is 0.489 e. The molecule has 0 aliphatic heterocycles. The minimum atomic E-state index is -3.58. The lowest BCUT2D eigenvalue weighted by Gasteiger charge is -2.19. The topological polar surface area (TPSA) is 88.8 Å². The molecule has 2 rings (SSSR count). The SMILES string of the molecule is CC(C)Oc1ccccc1NC(=O)CN(Cc1ccco1)S(C)(=O)=O. The van der Waals surface area contributed by atoms with Gasteiger partial charge in [0.15, 0.2) is 0 Å². The van der Waals surface area contributed by atoms with Gasteiger partial charge in [-0.15, -0.1) is 0 Å². The second kappa shape index (κ2) is 8.17. The summed E-state index contributed by atoms with van der Waals surface area (Å²) in [6.07, 6.45) is 2.46. The third-order valence-electron chi connectivity index (χ3n) is 3.23. The van der Waals surface area contributed by atoms with Crippen molar-refractivity contribution in [3.63, 3.8) is 0 Å². The first-order valence-electron chi connectivity index (χ1n) is 7.78. The second-order valence-electron chi connectivity index (χ2n) is 5.82. The number of para-hydroxylation sites is 2. The van der Waals surface area contributed by atoms with Crippen LogP contribution in [-0.2, 0) is 21.4 Å². The standard InChI is InChI=1S/C17H22N2O5S/c1-13(2)24-16-9-5-4-8-15(16)18-17(20)12-19(25(3,21)22)11-14-7-6-10-23-14/h4-10,13H,11-12H2,1-3H3,(H,18,20). The molecule has 1 amide bonds. The highest BCUT2D eigenvalue weighted by molar-refractivity contribution is 7.88. The van der Waals surface area contributed by atoms with Crippen molar-refractivity contribution >= 4 is 21.6 Å². The average molecular weight is 366 g/mol. The first kappa shape index (κ1) is 19.0. The Morgan fingerprint density at radius 1 is 1.24 bits per heavy atom. The average Bonchev–Trinajstić information content (AvgIpc) is 3.00. The predicted molar refractivity (Wildman–Crippen MR) is 94.8 cm³/mol. The molecule has 1 aromatic heterocycles. The van der Waals surface area contributed by atoms with Crippen LogP contribution in [-0.4, -0.2) is 37.5 Å². The van der Waals surface area contributed by atoms with Crippen molar-refractivity contribution in [2.24, 2.45) is 0 Å². The fraction of sp³-hybridized carbons (Fsp3) is 0.353. The lowest BCUT2D eigenvalue weighted by Crippen LogP contribution is -2.36. The van der Waals surface area contributed by atoms with E-state index in [0.29, 0.717) is 17.2 Å². The molecule has 0 bridgehead atoms. The Morgan fingerprint density at radius 2 is 1.96 bits per heavy atom. The molecule has 2 aromatic rings. The number of benzene rings is 1. The van der Waals surface area contributed by atoms with E-state index in [9.17, 15) is 13.2 Å². The van der Waals surface area contributed by atoms with Gasteiger partial charge >= 0.3 is 0 Å². The lowest BCUT2D eigenvalue weighted by molar-refractivity contribution is -0.116. The van der Waals surface area contributed by atoms with Crippen LogP contribution >= 0.6 is 0 Å². The number of hydrogen-bond donors (Lipinski definition) is 1. The Morgan fingerprint density at radius 3 is 2.56 bits per heavy atom. The highest BCUT2D eigenvalue weighted by Gasteiger charge is 2.22. The van der Waals surface area contributed by atoms with Gasteiger partial charge in [-0.2, -0.15) is 4.31 Å². The minimum absolute atomic E-state index is 0.0105. The van der Waals surface area contributed by atoms with Crippen LogP contribution in [0.2, 0.25) is 0 Å². The number of carbonyl (C=O) groups excluding carboxylic acids is 1. The van der Waals surface area contributed by atoms with E-state index in [-0.39, 0.29) is 19.2 Å². The summed E-state index contributed by atoms with van der Waals surface area (Å²) in [5, 5.41) is 2.70. The van der Waals surface area contributed by atoms with Crippen LogP contribution in [0.15, 0.2) is 47.1 Å². The number of amides is 1. The molecule has 0 aliphatic rings. The van der Waals surface area contributed by atoms with E-state index in [1.54, 1.807) is 36.4 Å². The van der Waals surface area contributed by atoms with Crippen LogP contribution in [0.4, 0.5) is 5.69 Å². The highest BCUT2D eigenvalue weighted by Crippen LogP contribution is 2.25. The number of nitrogens with zero attached hydrogens (tertiary/aromatic N) is 1. The van der Waals surface area contributed by atoms with Gasteiger partial charge < -0.3 is 14.5 Å². The van der Waals surface area contributed by atoms with Gasteiger partial charge in [-0.1, -0.05) is 12.1 Å². The predicted octanol–water partition coefficient (Wildman–Crippen LogP) is 2.47. The number of sulfonamides is 1. The van der Waals surface area contributed by atoms with Gasteiger partial charge in [-0.05, 0) is 38.1 Å². The number of rotatable bonds is 8. The van der Waals surface area contributed by atoms with Crippen molar-refractivity contribution in [1.82, 2.24) is 4.31 Å². The van der Waals surface area contributed by atoms with E-state index < -0.39 is 15.9 Å². The fourth-order valence-electron chi connectivity index (χ4n) is 2.14. The Bertz CT molecular complexity index is 800. The molecule has 1 aromatic carbocycles. The Kier molecular flexibility index (Phi) is 6.22. The normalized spacial score (nSPS) is 11.7. The third-order valence-corrected chi connectivity index (χ3v) is 4.42. The van der Waals surface area contributed by atoms with E-state index in [1.807, 2.05) is 13.8 Å². The zero-order valence-corrected chi connectivity index (χ0v) is 15.2. The Balaban J connectivity index is 2.09. The monoisotopic (exact) mass is 366 g/mol. The molecule has 0 saturated heterocycles. The molecule has 0 radical (unpaired) electrons. The van der Waals surface area contributed by atoms with E-state index in [0.717, 1.165) is 10.6 Å². The van der Waals surface area contributed by atoms with Crippen LogP contribution in [0.5, 0.6) is 5.75 Å². The van der Waals surface area contributed by atoms with Crippen molar-refractivity contribution in [1.29, 1.82) is 0 Å². The van der Waals surface area contributed by atoms with E-state index >= 15 is 0 Å². The lowest BCUT2D eigenvalue weighted by atomic mass is 10.3. The first-order valence-corrected chi connectivity index (χ1v) is 9.63. The molecule has 25 heavy (non-hydrogen) atoms. The molecule has 8 heteroatoms. The molecule has 0 fully saturated rings. The van der Waals surface area contributed by atoms with Crippen LogP contribution < -0.4 is 10.1 Å². The summed E-state index contributed by atoms with van der Waals surface area (Å²) in [5.74, 6) is 0.529. The van der Waals surface area contributed by atoms with Crippen LogP contribution in [0, 0.1) is 0 Å². The van der Waals surface area contributed by atoms with Crippen LogP contribution in [0.25, 0.3) is 0 Å². The molecule has 0 spiro atoms. The number of nitrogens with one attached hydrogen (secondary N) is 1. The molecule has 0 aliphatic carbocycles. The maximum absolute atomic E-state index is 12.3. The van der Waals surface area contributed by atoms with Gasteiger partial charge in [-0.25, -0.2) is 8.42 Å². The van der Waals surface area contributed by atoms with Gasteiger partial charge in [0, 0.05) is 0 Å². The minimum Gasteiger partial charge on any atom is -0.489 e. The van der Waals surface area contributed by atoms with Crippen molar-refractivity contribution in [2.45, 2.75) is 26.5 Å². The maximum Gasteiger partial charge on any atom is 0.239 e. The summed E-state index contributed by atoms with van der Waals surface area (Å²) < 4.78 is 35.7. The van der Waals surface area contributed by atoms with Crippen LogP contribution in [0.3, 0.4) is 0 Å². The molecule has 0 unspecified atom stereocenters. The summed E-state index contributed by atoms with van der Waals surface area (Å²) in [5.41, 5.74) is 0.493. The molecule has 136 valence electrons. The van der Waals surface area contributed by atoms with Gasteiger partial charge in [0.05, 0.1) is 37.4 Å². The van der Waals surface area contributed by atoms with Gasteiger partial charge in [0.1, 0.15) is 11.5 Å². The highest BCUT2D eigenvalue weighted by atomic mass is 32.2. The van der Waals surface area contributed by atoms with Crippen molar-refractivity contribution < 1.29 is 22.4 Å². The molecule has 1 heterocycles. The van der Waals surface area contributed by atoms with E-state index in [4.69, 9.17) is 9.15 Å². The van der Waals surface area contributed by atoms with Crippen molar-refractivity contribution in [3.05, 3.63) is 48.4 Å². The summed E-state index contributed by atoms with van der Waals surface area (Å²) >= 11 is 0. The molecule has 7 nitrogen and oxygen atoms in total. The maximum atomic E-state index is 12.3. The molecular formula is C17H22N2O5S. The van der Waals surface area contributed by atoms with E-state index in [2.05, 4.69) is 5.32 Å². The fourth-order valence-corrected chi connectivity index (χ4v) is 2.86. The number of ether oxygens (including phenoxy) is 1. The smallest absolute Gasteiger partial charge is 0.239 e. The third kappa shape index (κ3) is 5.91. The molecule has 0 atom stereocenters. The summed E-state index contributed by atoms with van der Waals surface area (Å²) in [4.78, 5) is 12.3. The summed E-state index contributed by atoms with van der Waals surface area (Å²) in [7, 11) is -3.58. The van der Waals surface area contributed by atoms with Gasteiger partial charge in [0.2, 0.25) is 15.9 Å². The quantitative estimate of drug-likeness (QED) is 0.775. The molecule has 1 N–H and O–H groups in total. The van der Waals surface area contributed by atoms with Gasteiger partial charge in [0.25, 0.3) is 0 Å². The Hall–Kier alpha value is -2.32.